The smallest absolute Gasteiger partial charge is 0.305 e. The van der Waals surface area contributed by atoms with Crippen LogP contribution in [0.5, 0.6) is 0 Å². The largest absolute Gasteiger partial charge is 0.460 e. The molecule has 0 N–H and O–H groups in total. The highest BCUT2D eigenvalue weighted by Crippen LogP contribution is 2.13. The Balaban J connectivity index is 3.16. The molecule has 0 unspecified atom stereocenters. The Kier molecular flexibility index (Phi) is 17.4. The lowest BCUT2D eigenvalue weighted by molar-refractivity contribution is -0.870. The molecule has 0 saturated heterocycles. The maximum absolute atomic E-state index is 11.6. The summed E-state index contributed by atoms with van der Waals surface area (Å²) >= 11 is 0. The minimum Gasteiger partial charge on any atom is -0.460 e. The van der Waals surface area contributed by atoms with E-state index in [9.17, 15) is 4.79 Å². The summed E-state index contributed by atoms with van der Waals surface area (Å²) in [4.78, 5) is 11.6. The molecule has 0 heterocycles. The first-order valence-corrected chi connectivity index (χ1v) is 11.4. The molecule has 0 rings (SSSR count). The van der Waals surface area contributed by atoms with Crippen molar-refractivity contribution in [1.82, 2.24) is 0 Å². The number of hydrogen-bond acceptors (Lipinski definition) is 2. The fraction of sp³-hybridized carbons (Fsp3) is 0.957. The predicted octanol–water partition coefficient (Wildman–Crippen LogP) is 6.50. The summed E-state index contributed by atoms with van der Waals surface area (Å²) in [5.74, 6) is -0.0202. The molecule has 0 amide bonds. The quantitative estimate of drug-likeness (QED) is 0.147. The van der Waals surface area contributed by atoms with Gasteiger partial charge in [0, 0.05) is 6.42 Å². The van der Waals surface area contributed by atoms with Gasteiger partial charge in [-0.05, 0) is 6.42 Å². The first kappa shape index (κ1) is 25.4. The zero-order chi connectivity index (χ0) is 19.5. The second-order valence-corrected chi connectivity index (χ2v) is 8.93. The van der Waals surface area contributed by atoms with E-state index in [1.807, 2.05) is 0 Å². The Bertz CT molecular complexity index is 310. The number of esters is 1. The molecule has 0 radical (unpaired) electrons. The fourth-order valence-corrected chi connectivity index (χ4v) is 3.15. The highest BCUT2D eigenvalue weighted by Gasteiger charge is 2.09. The van der Waals surface area contributed by atoms with Crippen LogP contribution in [0.3, 0.4) is 0 Å². The van der Waals surface area contributed by atoms with E-state index in [1.54, 1.807) is 0 Å². The Labute approximate surface area is 164 Å². The van der Waals surface area contributed by atoms with Gasteiger partial charge in [-0.3, -0.25) is 4.79 Å². The summed E-state index contributed by atoms with van der Waals surface area (Å²) in [6, 6.07) is 0. The van der Waals surface area contributed by atoms with Crippen LogP contribution in [0.4, 0.5) is 0 Å². The van der Waals surface area contributed by atoms with Crippen LogP contribution < -0.4 is 0 Å². The van der Waals surface area contributed by atoms with E-state index in [0.717, 1.165) is 17.4 Å². The molecule has 0 atom stereocenters. The van der Waals surface area contributed by atoms with Gasteiger partial charge in [-0.15, -0.1) is 0 Å². The van der Waals surface area contributed by atoms with Crippen LogP contribution in [0.1, 0.15) is 110 Å². The summed E-state index contributed by atoms with van der Waals surface area (Å²) in [5.41, 5.74) is 0. The fourth-order valence-electron chi connectivity index (χ4n) is 3.15. The number of unbranched alkanes of at least 4 members (excludes halogenated alkanes) is 14. The van der Waals surface area contributed by atoms with Gasteiger partial charge in [0.1, 0.15) is 13.2 Å². The van der Waals surface area contributed by atoms with E-state index in [4.69, 9.17) is 4.74 Å². The molecule has 0 aliphatic carbocycles. The highest BCUT2D eigenvalue weighted by molar-refractivity contribution is 5.69. The molecule has 26 heavy (non-hydrogen) atoms. The van der Waals surface area contributed by atoms with E-state index < -0.39 is 0 Å². The van der Waals surface area contributed by atoms with Crippen molar-refractivity contribution < 1.29 is 14.0 Å². The molecule has 3 nitrogen and oxygen atoms in total. The molecule has 0 fully saturated rings. The summed E-state index contributed by atoms with van der Waals surface area (Å²) < 4.78 is 6.12. The molecule has 0 aliphatic rings. The van der Waals surface area contributed by atoms with Crippen LogP contribution in [0, 0.1) is 0 Å². The van der Waals surface area contributed by atoms with E-state index >= 15 is 0 Å². The highest BCUT2D eigenvalue weighted by atomic mass is 16.5. The number of quaternary nitrogens is 1. The standard InChI is InChI=1S/C23H48NO2/c1-5-6-7-8-9-10-11-12-13-14-15-16-17-18-19-20-23(25)26-22-21-24(2,3)4/h5-22H2,1-4H3/q+1. The lowest BCUT2D eigenvalue weighted by Crippen LogP contribution is -2.37. The molecule has 0 saturated carbocycles. The van der Waals surface area contributed by atoms with Crippen molar-refractivity contribution in [3.63, 3.8) is 0 Å². The van der Waals surface area contributed by atoms with Crippen molar-refractivity contribution in [2.24, 2.45) is 0 Å². The molecule has 0 bridgehead atoms. The maximum Gasteiger partial charge on any atom is 0.305 e. The van der Waals surface area contributed by atoms with Gasteiger partial charge >= 0.3 is 5.97 Å². The van der Waals surface area contributed by atoms with Gasteiger partial charge in [0.25, 0.3) is 0 Å². The zero-order valence-corrected chi connectivity index (χ0v) is 18.5. The van der Waals surface area contributed by atoms with Crippen LogP contribution >= 0.6 is 0 Å². The molecule has 0 spiro atoms. The van der Waals surface area contributed by atoms with Crippen LogP contribution in [0.15, 0.2) is 0 Å². The summed E-state index contributed by atoms with van der Waals surface area (Å²) in [5, 5.41) is 0. The van der Waals surface area contributed by atoms with E-state index in [-0.39, 0.29) is 5.97 Å². The van der Waals surface area contributed by atoms with E-state index in [0.29, 0.717) is 13.0 Å². The van der Waals surface area contributed by atoms with Gasteiger partial charge in [0.05, 0.1) is 21.1 Å². The number of hydrogen-bond donors (Lipinski definition) is 0. The third-order valence-electron chi connectivity index (χ3n) is 5.01. The first-order chi connectivity index (χ1) is 12.5. The second kappa shape index (κ2) is 17.8. The van der Waals surface area contributed by atoms with Crippen molar-refractivity contribution in [2.45, 2.75) is 110 Å². The average molecular weight is 371 g/mol. The SMILES string of the molecule is CCCCCCCCCCCCCCCCCC(=O)OCC[N+](C)(C)C. The van der Waals surface area contributed by atoms with E-state index in [2.05, 4.69) is 28.1 Å². The van der Waals surface area contributed by atoms with Crippen LogP contribution in [-0.4, -0.2) is 44.7 Å². The number of carbonyl (C=O) groups excluding carboxylic acids is 1. The lowest BCUT2D eigenvalue weighted by atomic mass is 10.0. The zero-order valence-electron chi connectivity index (χ0n) is 18.5. The Morgan fingerprint density at radius 2 is 1.04 bits per heavy atom. The number of carbonyl (C=O) groups is 1. The normalized spacial score (nSPS) is 11.7. The number of nitrogens with zero attached hydrogens (tertiary/aromatic N) is 1. The van der Waals surface area contributed by atoms with Gasteiger partial charge in [-0.2, -0.15) is 0 Å². The van der Waals surface area contributed by atoms with Crippen LogP contribution in [0.2, 0.25) is 0 Å². The summed E-state index contributed by atoms with van der Waals surface area (Å²) in [6.45, 7) is 3.70. The Hall–Kier alpha value is -0.570. The van der Waals surface area contributed by atoms with Gasteiger partial charge < -0.3 is 9.22 Å². The number of likely N-dealkylation sites (N-methyl/N-ethyl adjacent to an activating group) is 1. The molecule has 0 aliphatic heterocycles. The molecular formula is C23H48NO2+. The Morgan fingerprint density at radius 3 is 1.42 bits per heavy atom. The maximum atomic E-state index is 11.6. The monoisotopic (exact) mass is 370 g/mol. The van der Waals surface area contributed by atoms with Crippen LogP contribution in [-0.2, 0) is 9.53 Å². The van der Waals surface area contributed by atoms with Crippen LogP contribution in [0.25, 0.3) is 0 Å². The van der Waals surface area contributed by atoms with Crippen molar-refractivity contribution in [1.29, 1.82) is 0 Å². The lowest BCUT2D eigenvalue weighted by Gasteiger charge is -2.23. The molecular weight excluding hydrogens is 322 g/mol. The molecule has 156 valence electrons. The Morgan fingerprint density at radius 1 is 0.654 bits per heavy atom. The second-order valence-electron chi connectivity index (χ2n) is 8.93. The van der Waals surface area contributed by atoms with E-state index in [1.165, 1.54) is 89.9 Å². The minimum atomic E-state index is -0.0202. The topological polar surface area (TPSA) is 26.3 Å². The van der Waals surface area contributed by atoms with Crippen molar-refractivity contribution in [3.8, 4) is 0 Å². The predicted molar refractivity (Wildman–Crippen MR) is 113 cm³/mol. The van der Waals surface area contributed by atoms with Gasteiger partial charge in [0.15, 0.2) is 0 Å². The number of ether oxygens (including phenoxy) is 1. The van der Waals surface area contributed by atoms with Crippen molar-refractivity contribution >= 4 is 5.97 Å². The third-order valence-corrected chi connectivity index (χ3v) is 5.01. The third kappa shape index (κ3) is 21.5. The van der Waals surface area contributed by atoms with Gasteiger partial charge in [0.2, 0.25) is 0 Å². The molecule has 0 aromatic rings. The first-order valence-electron chi connectivity index (χ1n) is 11.4. The molecule has 0 aromatic heterocycles. The van der Waals surface area contributed by atoms with Gasteiger partial charge in [-0.25, -0.2) is 0 Å². The average Bonchev–Trinajstić information content (AvgIpc) is 2.57. The van der Waals surface area contributed by atoms with Crippen molar-refractivity contribution in [2.75, 3.05) is 34.3 Å². The molecule has 0 aromatic carbocycles. The minimum absolute atomic E-state index is 0.0202. The number of rotatable bonds is 19. The molecule has 3 heteroatoms. The summed E-state index contributed by atoms with van der Waals surface area (Å²) in [7, 11) is 6.34. The van der Waals surface area contributed by atoms with Gasteiger partial charge in [-0.1, -0.05) is 96.8 Å². The summed E-state index contributed by atoms with van der Waals surface area (Å²) in [6.07, 6.45) is 20.9. The van der Waals surface area contributed by atoms with Crippen molar-refractivity contribution in [3.05, 3.63) is 0 Å².